The molecule has 2 heteroatoms. The lowest BCUT2D eigenvalue weighted by Gasteiger charge is -2.17. The molecule has 1 unspecified atom stereocenters. The Morgan fingerprint density at radius 2 is 1.58 bits per heavy atom. The third-order valence-corrected chi connectivity index (χ3v) is 3.30. The van der Waals surface area contributed by atoms with Gasteiger partial charge >= 0.3 is 0 Å². The average Bonchev–Trinajstić information content (AvgIpc) is 2.49. The van der Waals surface area contributed by atoms with Gasteiger partial charge in [0.1, 0.15) is 0 Å². The van der Waals surface area contributed by atoms with Crippen LogP contribution < -0.4 is 11.1 Å². The topological polar surface area (TPSA) is 38.0 Å². The Labute approximate surface area is 115 Å². The Kier molecular flexibility index (Phi) is 5.13. The third-order valence-electron chi connectivity index (χ3n) is 3.30. The number of hydrogen-bond acceptors (Lipinski definition) is 2. The van der Waals surface area contributed by atoms with Gasteiger partial charge in [0.25, 0.3) is 0 Å². The molecule has 0 bridgehead atoms. The van der Waals surface area contributed by atoms with Crippen molar-refractivity contribution in [1.29, 1.82) is 0 Å². The molecule has 0 aliphatic rings. The van der Waals surface area contributed by atoms with Crippen LogP contribution in [0.2, 0.25) is 0 Å². The highest BCUT2D eigenvalue weighted by Gasteiger charge is 2.08. The Hall–Kier alpha value is -1.64. The van der Waals surface area contributed by atoms with Crippen molar-refractivity contribution < 1.29 is 0 Å². The molecule has 0 aliphatic carbocycles. The predicted octanol–water partition coefficient (Wildman–Crippen LogP) is 3.35. The summed E-state index contributed by atoms with van der Waals surface area (Å²) in [4.78, 5) is 0. The van der Waals surface area contributed by atoms with Crippen LogP contribution in [0.3, 0.4) is 0 Å². The van der Waals surface area contributed by atoms with Crippen LogP contribution in [0.4, 0.5) is 0 Å². The van der Waals surface area contributed by atoms with Crippen LogP contribution in [0, 0.1) is 0 Å². The van der Waals surface area contributed by atoms with Gasteiger partial charge in [-0.25, -0.2) is 0 Å². The molecule has 0 saturated carbocycles. The normalized spacial score (nSPS) is 12.3. The lowest BCUT2D eigenvalue weighted by molar-refractivity contribution is 0.540. The average molecular weight is 254 g/mol. The fourth-order valence-electron chi connectivity index (χ4n) is 2.19. The lowest BCUT2D eigenvalue weighted by Crippen LogP contribution is -2.28. The molecule has 2 rings (SSSR count). The second-order valence-electron chi connectivity index (χ2n) is 4.73. The van der Waals surface area contributed by atoms with Gasteiger partial charge in [0.2, 0.25) is 0 Å². The van der Waals surface area contributed by atoms with E-state index in [2.05, 4.69) is 60.8 Å². The van der Waals surface area contributed by atoms with Crippen molar-refractivity contribution in [1.82, 2.24) is 5.32 Å². The molecule has 2 aromatic rings. The SMILES string of the molecule is CCCNC(CN)c1ccc(-c2ccccc2)cc1. The predicted molar refractivity (Wildman–Crippen MR) is 82.0 cm³/mol. The quantitative estimate of drug-likeness (QED) is 0.829. The van der Waals surface area contributed by atoms with Crippen molar-refractivity contribution in [2.75, 3.05) is 13.1 Å². The van der Waals surface area contributed by atoms with Crippen molar-refractivity contribution in [2.45, 2.75) is 19.4 Å². The van der Waals surface area contributed by atoms with Gasteiger partial charge in [-0.15, -0.1) is 0 Å². The number of nitrogens with two attached hydrogens (primary N) is 1. The van der Waals surface area contributed by atoms with Crippen LogP contribution >= 0.6 is 0 Å². The minimum absolute atomic E-state index is 0.254. The van der Waals surface area contributed by atoms with Gasteiger partial charge < -0.3 is 11.1 Å². The van der Waals surface area contributed by atoms with Crippen molar-refractivity contribution in [2.24, 2.45) is 5.73 Å². The van der Waals surface area contributed by atoms with Crippen LogP contribution in [-0.2, 0) is 0 Å². The van der Waals surface area contributed by atoms with Gasteiger partial charge in [0.15, 0.2) is 0 Å². The number of benzene rings is 2. The van der Waals surface area contributed by atoms with Gasteiger partial charge in [-0.1, -0.05) is 61.5 Å². The minimum Gasteiger partial charge on any atom is -0.329 e. The van der Waals surface area contributed by atoms with Crippen LogP contribution in [0.25, 0.3) is 11.1 Å². The van der Waals surface area contributed by atoms with Crippen LogP contribution in [-0.4, -0.2) is 13.1 Å². The fraction of sp³-hybridized carbons (Fsp3) is 0.294. The Bertz CT molecular complexity index is 476. The maximum absolute atomic E-state index is 5.83. The van der Waals surface area contributed by atoms with E-state index in [-0.39, 0.29) is 6.04 Å². The summed E-state index contributed by atoms with van der Waals surface area (Å²) >= 11 is 0. The van der Waals surface area contributed by atoms with Crippen LogP contribution in [0.1, 0.15) is 24.9 Å². The standard InChI is InChI=1S/C17H22N2/c1-2-12-19-17(13-18)16-10-8-15(9-11-16)14-6-4-3-5-7-14/h3-11,17,19H,2,12-13,18H2,1H3. The zero-order valence-electron chi connectivity index (χ0n) is 11.5. The zero-order valence-corrected chi connectivity index (χ0v) is 11.5. The van der Waals surface area contributed by atoms with E-state index in [1.54, 1.807) is 0 Å². The highest BCUT2D eigenvalue weighted by Crippen LogP contribution is 2.21. The van der Waals surface area contributed by atoms with E-state index in [0.717, 1.165) is 13.0 Å². The third kappa shape index (κ3) is 3.66. The van der Waals surface area contributed by atoms with E-state index in [1.165, 1.54) is 16.7 Å². The molecule has 0 saturated heterocycles. The first-order chi connectivity index (χ1) is 9.35. The maximum atomic E-state index is 5.83. The molecule has 0 heterocycles. The first-order valence-electron chi connectivity index (χ1n) is 6.94. The number of nitrogens with one attached hydrogen (secondary N) is 1. The molecule has 19 heavy (non-hydrogen) atoms. The smallest absolute Gasteiger partial charge is 0.0444 e. The van der Waals surface area contributed by atoms with Crippen molar-refractivity contribution in [3.63, 3.8) is 0 Å². The summed E-state index contributed by atoms with van der Waals surface area (Å²) in [7, 11) is 0. The van der Waals surface area contributed by atoms with Crippen LogP contribution in [0.5, 0.6) is 0 Å². The van der Waals surface area contributed by atoms with Crippen LogP contribution in [0.15, 0.2) is 54.6 Å². The molecule has 0 spiro atoms. The second-order valence-corrected chi connectivity index (χ2v) is 4.73. The molecule has 0 aromatic heterocycles. The maximum Gasteiger partial charge on any atom is 0.0444 e. The molecular weight excluding hydrogens is 232 g/mol. The summed E-state index contributed by atoms with van der Waals surface area (Å²) in [5, 5.41) is 3.47. The molecule has 0 fully saturated rings. The zero-order chi connectivity index (χ0) is 13.5. The van der Waals surface area contributed by atoms with E-state index in [1.807, 2.05) is 6.07 Å². The molecule has 0 amide bonds. The second kappa shape index (κ2) is 7.07. The van der Waals surface area contributed by atoms with E-state index in [4.69, 9.17) is 5.73 Å². The molecule has 100 valence electrons. The van der Waals surface area contributed by atoms with E-state index in [9.17, 15) is 0 Å². The highest BCUT2D eigenvalue weighted by atomic mass is 14.9. The number of rotatable bonds is 6. The van der Waals surface area contributed by atoms with Gasteiger partial charge in [-0.3, -0.25) is 0 Å². The Morgan fingerprint density at radius 1 is 0.947 bits per heavy atom. The van der Waals surface area contributed by atoms with Gasteiger partial charge in [-0.05, 0) is 29.7 Å². The van der Waals surface area contributed by atoms with Gasteiger partial charge in [-0.2, -0.15) is 0 Å². The van der Waals surface area contributed by atoms with Crippen molar-refractivity contribution in [3.05, 3.63) is 60.2 Å². The molecule has 2 nitrogen and oxygen atoms in total. The molecule has 3 N–H and O–H groups in total. The van der Waals surface area contributed by atoms with Crippen molar-refractivity contribution >= 4 is 0 Å². The minimum atomic E-state index is 0.254. The van der Waals surface area contributed by atoms with Gasteiger partial charge in [0, 0.05) is 12.6 Å². The van der Waals surface area contributed by atoms with Crippen molar-refractivity contribution in [3.8, 4) is 11.1 Å². The molecule has 0 aliphatic heterocycles. The van der Waals surface area contributed by atoms with E-state index in [0.29, 0.717) is 6.54 Å². The first kappa shape index (κ1) is 13.8. The summed E-state index contributed by atoms with van der Waals surface area (Å²) in [5.41, 5.74) is 9.59. The Balaban J connectivity index is 2.13. The van der Waals surface area contributed by atoms with Gasteiger partial charge in [0.05, 0.1) is 0 Å². The molecular formula is C17H22N2. The lowest BCUT2D eigenvalue weighted by atomic mass is 10.0. The fourth-order valence-corrected chi connectivity index (χ4v) is 2.19. The molecule has 1 atom stereocenters. The Morgan fingerprint density at radius 3 is 2.16 bits per heavy atom. The monoisotopic (exact) mass is 254 g/mol. The first-order valence-corrected chi connectivity index (χ1v) is 6.94. The summed E-state index contributed by atoms with van der Waals surface area (Å²) in [5.74, 6) is 0. The summed E-state index contributed by atoms with van der Waals surface area (Å²) in [6.07, 6.45) is 1.12. The summed E-state index contributed by atoms with van der Waals surface area (Å²) < 4.78 is 0. The summed E-state index contributed by atoms with van der Waals surface area (Å²) in [6, 6.07) is 19.4. The number of hydrogen-bond donors (Lipinski definition) is 2. The largest absolute Gasteiger partial charge is 0.329 e. The summed E-state index contributed by atoms with van der Waals surface area (Å²) in [6.45, 7) is 3.80. The van der Waals surface area contributed by atoms with E-state index >= 15 is 0 Å². The highest BCUT2D eigenvalue weighted by molar-refractivity contribution is 5.63. The van der Waals surface area contributed by atoms with E-state index < -0.39 is 0 Å². The molecule has 0 radical (unpaired) electrons. The molecule has 2 aromatic carbocycles.